The smallest absolute Gasteiger partial charge is 0.243 e. The van der Waals surface area contributed by atoms with Gasteiger partial charge in [0, 0.05) is 26.2 Å². The molecule has 2 atom stereocenters. The van der Waals surface area contributed by atoms with Crippen molar-refractivity contribution in [2.75, 3.05) is 33.4 Å². The molecule has 0 aliphatic carbocycles. The lowest BCUT2D eigenvalue weighted by Crippen LogP contribution is -2.47. The summed E-state index contributed by atoms with van der Waals surface area (Å²) in [5.74, 6) is 0.207. The number of piperidine rings is 1. The summed E-state index contributed by atoms with van der Waals surface area (Å²) in [5, 5.41) is 2.89. The van der Waals surface area contributed by atoms with Gasteiger partial charge < -0.3 is 14.8 Å². The minimum atomic E-state index is -3.65. The Balaban J connectivity index is 2.12. The van der Waals surface area contributed by atoms with E-state index in [1.54, 1.807) is 25.3 Å². The summed E-state index contributed by atoms with van der Waals surface area (Å²) in [6.45, 7) is 7.14. The number of carbonyl (C=O) groups is 1. The minimum Gasteiger partial charge on any atom is -0.494 e. The van der Waals surface area contributed by atoms with Crippen LogP contribution in [0.5, 0.6) is 5.75 Å². The highest BCUT2D eigenvalue weighted by molar-refractivity contribution is 7.89. The van der Waals surface area contributed by atoms with Gasteiger partial charge >= 0.3 is 0 Å². The molecule has 0 unspecified atom stereocenters. The van der Waals surface area contributed by atoms with Crippen molar-refractivity contribution in [2.24, 2.45) is 5.92 Å². The van der Waals surface area contributed by atoms with Gasteiger partial charge in [-0.15, -0.1) is 0 Å². The van der Waals surface area contributed by atoms with Gasteiger partial charge in [0.2, 0.25) is 15.9 Å². The number of methoxy groups -OCH3 is 1. The maximum Gasteiger partial charge on any atom is 0.243 e. The molecule has 0 bridgehead atoms. The molecule has 1 aliphatic rings. The fourth-order valence-electron chi connectivity index (χ4n) is 3.28. The number of hydrogen-bond donors (Lipinski definition) is 1. The van der Waals surface area contributed by atoms with Crippen molar-refractivity contribution in [3.63, 3.8) is 0 Å². The number of ether oxygens (including phenoxy) is 2. The highest BCUT2D eigenvalue weighted by Crippen LogP contribution is 2.27. The number of amides is 1. The zero-order valence-electron chi connectivity index (χ0n) is 16.5. The molecule has 1 heterocycles. The van der Waals surface area contributed by atoms with Crippen LogP contribution >= 0.6 is 0 Å². The first-order valence-corrected chi connectivity index (χ1v) is 10.8. The highest BCUT2D eigenvalue weighted by atomic mass is 32.2. The minimum absolute atomic E-state index is 0.108. The molecule has 1 N–H and O–H groups in total. The van der Waals surface area contributed by atoms with E-state index in [1.807, 2.05) is 20.8 Å². The van der Waals surface area contributed by atoms with Crippen molar-refractivity contribution in [1.82, 2.24) is 9.62 Å². The van der Waals surface area contributed by atoms with E-state index in [4.69, 9.17) is 9.47 Å². The number of hydrogen-bond acceptors (Lipinski definition) is 5. The molecule has 8 heteroatoms. The van der Waals surface area contributed by atoms with Gasteiger partial charge in [0.15, 0.2) is 0 Å². The van der Waals surface area contributed by atoms with E-state index in [2.05, 4.69) is 5.32 Å². The van der Waals surface area contributed by atoms with E-state index in [9.17, 15) is 13.2 Å². The van der Waals surface area contributed by atoms with E-state index in [1.165, 1.54) is 4.31 Å². The van der Waals surface area contributed by atoms with Crippen molar-refractivity contribution in [3.8, 4) is 5.75 Å². The van der Waals surface area contributed by atoms with Crippen molar-refractivity contribution in [2.45, 2.75) is 44.6 Å². The average molecular weight is 399 g/mol. The van der Waals surface area contributed by atoms with Crippen LogP contribution in [0.25, 0.3) is 0 Å². The second-order valence-corrected chi connectivity index (χ2v) is 8.87. The van der Waals surface area contributed by atoms with Gasteiger partial charge in [0.25, 0.3) is 0 Å². The standard InChI is InChI=1S/C19H30N2O5S/c1-5-26-18-9-8-17(11-14(18)2)27(23,24)21-10-6-7-16(12-21)19(22)20-15(3)13-25-4/h8-9,11,15-16H,5-7,10,12-13H2,1-4H3,(H,20,22)/t15-,16-/m1/s1. The fourth-order valence-corrected chi connectivity index (χ4v) is 4.89. The Kier molecular flexibility index (Phi) is 7.64. The monoisotopic (exact) mass is 398 g/mol. The van der Waals surface area contributed by atoms with Crippen LogP contribution in [0.1, 0.15) is 32.3 Å². The molecule has 1 amide bonds. The van der Waals surface area contributed by atoms with Gasteiger partial charge in [-0.3, -0.25) is 4.79 Å². The highest BCUT2D eigenvalue weighted by Gasteiger charge is 2.33. The predicted molar refractivity (Wildman–Crippen MR) is 103 cm³/mol. The molecule has 0 saturated carbocycles. The van der Waals surface area contributed by atoms with Crippen LogP contribution < -0.4 is 10.1 Å². The molecule has 2 rings (SSSR count). The van der Waals surface area contributed by atoms with Gasteiger partial charge in [-0.2, -0.15) is 4.31 Å². The van der Waals surface area contributed by atoms with Crippen LogP contribution in [0.4, 0.5) is 0 Å². The molecule has 27 heavy (non-hydrogen) atoms. The third-order valence-electron chi connectivity index (χ3n) is 4.64. The third kappa shape index (κ3) is 5.43. The molecule has 7 nitrogen and oxygen atoms in total. The lowest BCUT2D eigenvalue weighted by atomic mass is 9.98. The Morgan fingerprint density at radius 2 is 2.15 bits per heavy atom. The van der Waals surface area contributed by atoms with E-state index >= 15 is 0 Å². The Labute approximate surface area is 162 Å². The quantitative estimate of drug-likeness (QED) is 0.723. The zero-order valence-corrected chi connectivity index (χ0v) is 17.3. The molecule has 0 spiro atoms. The van der Waals surface area contributed by atoms with Gasteiger partial charge in [-0.1, -0.05) is 0 Å². The maximum absolute atomic E-state index is 13.0. The van der Waals surface area contributed by atoms with Crippen LogP contribution in [0, 0.1) is 12.8 Å². The lowest BCUT2D eigenvalue weighted by Gasteiger charge is -2.32. The molecule has 1 saturated heterocycles. The van der Waals surface area contributed by atoms with Crippen molar-refractivity contribution in [3.05, 3.63) is 23.8 Å². The van der Waals surface area contributed by atoms with Crippen LogP contribution in [-0.4, -0.2) is 58.1 Å². The largest absolute Gasteiger partial charge is 0.494 e. The molecule has 0 aromatic heterocycles. The van der Waals surface area contributed by atoms with Crippen LogP contribution in [0.2, 0.25) is 0 Å². The van der Waals surface area contributed by atoms with Gasteiger partial charge in [0.05, 0.1) is 24.0 Å². The Morgan fingerprint density at radius 3 is 2.78 bits per heavy atom. The van der Waals surface area contributed by atoms with Gasteiger partial charge in [-0.05, 0) is 57.4 Å². The number of benzene rings is 1. The summed E-state index contributed by atoms with van der Waals surface area (Å²) < 4.78 is 38.0. The molecule has 1 aromatic rings. The molecular formula is C19H30N2O5S. The second kappa shape index (κ2) is 9.52. The van der Waals surface area contributed by atoms with E-state index in [-0.39, 0.29) is 29.3 Å². The van der Waals surface area contributed by atoms with Crippen molar-refractivity contribution >= 4 is 15.9 Å². The number of sulfonamides is 1. The summed E-state index contributed by atoms with van der Waals surface area (Å²) in [5.41, 5.74) is 0.776. The predicted octanol–water partition coefficient (Wildman–Crippen LogP) is 1.95. The van der Waals surface area contributed by atoms with Crippen LogP contribution in [-0.2, 0) is 19.6 Å². The number of rotatable bonds is 8. The summed E-state index contributed by atoms with van der Waals surface area (Å²) in [6, 6.07) is 4.78. The third-order valence-corrected chi connectivity index (χ3v) is 6.51. The average Bonchev–Trinajstić information content (AvgIpc) is 2.63. The van der Waals surface area contributed by atoms with E-state index in [0.717, 1.165) is 5.56 Å². The maximum atomic E-state index is 13.0. The Morgan fingerprint density at radius 1 is 1.41 bits per heavy atom. The molecule has 152 valence electrons. The summed E-state index contributed by atoms with van der Waals surface area (Å²) in [6.07, 6.45) is 1.34. The normalized spacial score (nSPS) is 19.5. The number of nitrogens with zero attached hydrogens (tertiary/aromatic N) is 1. The molecular weight excluding hydrogens is 368 g/mol. The van der Waals surface area contributed by atoms with E-state index < -0.39 is 10.0 Å². The number of aryl methyl sites for hydroxylation is 1. The first-order chi connectivity index (χ1) is 12.8. The Hall–Kier alpha value is -1.64. The van der Waals surface area contributed by atoms with Crippen LogP contribution in [0.15, 0.2) is 23.1 Å². The molecule has 1 aliphatic heterocycles. The lowest BCUT2D eigenvalue weighted by molar-refractivity contribution is -0.127. The summed E-state index contributed by atoms with van der Waals surface area (Å²) >= 11 is 0. The second-order valence-electron chi connectivity index (χ2n) is 6.93. The first kappa shape index (κ1) is 21.7. The molecule has 1 fully saturated rings. The van der Waals surface area contributed by atoms with Gasteiger partial charge in [0.1, 0.15) is 5.75 Å². The number of nitrogens with one attached hydrogen (secondary N) is 1. The summed E-state index contributed by atoms with van der Waals surface area (Å²) in [7, 11) is -2.07. The fraction of sp³-hybridized carbons (Fsp3) is 0.632. The van der Waals surface area contributed by atoms with E-state index in [0.29, 0.717) is 38.3 Å². The SMILES string of the molecule is CCOc1ccc(S(=O)(=O)N2CCC[C@@H](C(=O)N[C@H](C)COC)C2)cc1C. The first-order valence-electron chi connectivity index (χ1n) is 9.32. The van der Waals surface area contributed by atoms with Crippen molar-refractivity contribution in [1.29, 1.82) is 0 Å². The number of carbonyl (C=O) groups excluding carboxylic acids is 1. The molecule has 0 radical (unpaired) electrons. The van der Waals surface area contributed by atoms with Crippen molar-refractivity contribution < 1.29 is 22.7 Å². The molecule has 1 aromatic carbocycles. The van der Waals surface area contributed by atoms with Crippen LogP contribution in [0.3, 0.4) is 0 Å². The summed E-state index contributed by atoms with van der Waals surface area (Å²) in [4.78, 5) is 12.7. The zero-order chi connectivity index (χ0) is 20.0. The Bertz CT molecular complexity index is 750. The van der Waals surface area contributed by atoms with Gasteiger partial charge in [-0.25, -0.2) is 8.42 Å². The topological polar surface area (TPSA) is 84.9 Å².